The van der Waals surface area contributed by atoms with Crippen molar-refractivity contribution >= 4 is 17.7 Å². The number of carbonyl (C=O) groups excluding carboxylic acids is 1. The molecule has 2 rings (SSSR count). The molecule has 1 aromatic rings. The maximum Gasteiger partial charge on any atom is 0.407 e. The number of nitrogens with one attached hydrogen (secondary N) is 1. The Hall–Kier alpha value is -1.26. The summed E-state index contributed by atoms with van der Waals surface area (Å²) in [5, 5.41) is 3.72. The molecule has 1 aromatic carbocycles. The maximum atomic E-state index is 11.7. The summed E-state index contributed by atoms with van der Waals surface area (Å²) in [6.45, 7) is 9.28. The molecule has 0 radical (unpaired) electrons. The molecule has 1 fully saturated rings. The second-order valence-corrected chi connectivity index (χ2v) is 7.60. The average Bonchev–Trinajstić information content (AvgIpc) is 2.47. The molecular weight excluding hydrogens is 312 g/mol. The molecule has 1 saturated heterocycles. The lowest BCUT2D eigenvalue weighted by atomic mass is 9.96. The van der Waals surface area contributed by atoms with Crippen molar-refractivity contribution in [3.8, 4) is 0 Å². The van der Waals surface area contributed by atoms with Crippen molar-refractivity contribution in [2.24, 2.45) is 5.92 Å². The summed E-state index contributed by atoms with van der Waals surface area (Å²) in [6, 6.07) is 8.01. The van der Waals surface area contributed by atoms with E-state index in [9.17, 15) is 4.79 Å². The van der Waals surface area contributed by atoms with Crippen LogP contribution in [0, 0.1) is 5.92 Å². The van der Waals surface area contributed by atoms with E-state index in [-0.39, 0.29) is 6.09 Å². The number of carbonyl (C=O) groups is 1. The quantitative estimate of drug-likeness (QED) is 0.899. The van der Waals surface area contributed by atoms with Gasteiger partial charge in [0.1, 0.15) is 5.60 Å². The molecule has 4 nitrogen and oxygen atoms in total. The SMILES string of the molecule is CC(C)(C)OC(=O)NCC1CCN(Cc2ccccc2Cl)CC1. The number of halogens is 1. The van der Waals surface area contributed by atoms with Gasteiger partial charge in [0.05, 0.1) is 0 Å². The zero-order valence-corrected chi connectivity index (χ0v) is 15.0. The van der Waals surface area contributed by atoms with Gasteiger partial charge in [-0.1, -0.05) is 29.8 Å². The third kappa shape index (κ3) is 6.40. The fourth-order valence-electron chi connectivity index (χ4n) is 2.76. The molecule has 128 valence electrons. The minimum Gasteiger partial charge on any atom is -0.444 e. The number of hydrogen-bond donors (Lipinski definition) is 1. The van der Waals surface area contributed by atoms with Crippen LogP contribution in [0.5, 0.6) is 0 Å². The first-order valence-electron chi connectivity index (χ1n) is 8.26. The van der Waals surface area contributed by atoms with Gasteiger partial charge in [0.25, 0.3) is 0 Å². The minimum absolute atomic E-state index is 0.323. The second-order valence-electron chi connectivity index (χ2n) is 7.19. The highest BCUT2D eigenvalue weighted by Crippen LogP contribution is 2.22. The Morgan fingerprint density at radius 2 is 1.96 bits per heavy atom. The molecule has 1 N–H and O–H groups in total. The molecule has 0 aromatic heterocycles. The van der Waals surface area contributed by atoms with Crippen molar-refractivity contribution < 1.29 is 9.53 Å². The van der Waals surface area contributed by atoms with Crippen LogP contribution < -0.4 is 5.32 Å². The van der Waals surface area contributed by atoms with E-state index in [1.807, 2.05) is 39.0 Å². The van der Waals surface area contributed by atoms with Gasteiger partial charge in [-0.3, -0.25) is 4.90 Å². The van der Waals surface area contributed by atoms with Gasteiger partial charge < -0.3 is 10.1 Å². The number of ether oxygens (including phenoxy) is 1. The van der Waals surface area contributed by atoms with E-state index in [2.05, 4.69) is 16.3 Å². The Balaban J connectivity index is 1.70. The van der Waals surface area contributed by atoms with Crippen LogP contribution >= 0.6 is 11.6 Å². The molecule has 5 heteroatoms. The van der Waals surface area contributed by atoms with Crippen LogP contribution in [-0.4, -0.2) is 36.2 Å². The van der Waals surface area contributed by atoms with Crippen molar-refractivity contribution in [3.05, 3.63) is 34.9 Å². The van der Waals surface area contributed by atoms with Crippen molar-refractivity contribution in [1.82, 2.24) is 10.2 Å². The third-order valence-corrected chi connectivity index (χ3v) is 4.36. The Morgan fingerprint density at radius 3 is 2.57 bits per heavy atom. The molecule has 1 aliphatic heterocycles. The summed E-state index contributed by atoms with van der Waals surface area (Å²) in [5.41, 5.74) is 0.738. The monoisotopic (exact) mass is 338 g/mol. The Bertz CT molecular complexity index is 520. The van der Waals surface area contributed by atoms with Crippen LogP contribution in [0.15, 0.2) is 24.3 Å². The molecule has 0 bridgehead atoms. The summed E-state index contributed by atoms with van der Waals surface area (Å²) in [4.78, 5) is 14.1. The first kappa shape index (κ1) is 18.1. The van der Waals surface area contributed by atoms with E-state index in [4.69, 9.17) is 16.3 Å². The minimum atomic E-state index is -0.442. The van der Waals surface area contributed by atoms with Crippen LogP contribution in [0.2, 0.25) is 5.02 Å². The fourth-order valence-corrected chi connectivity index (χ4v) is 2.95. The summed E-state index contributed by atoms with van der Waals surface area (Å²) in [7, 11) is 0. The van der Waals surface area contributed by atoms with Gasteiger partial charge in [-0.15, -0.1) is 0 Å². The number of nitrogens with zero attached hydrogens (tertiary/aromatic N) is 1. The summed E-state index contributed by atoms with van der Waals surface area (Å²) < 4.78 is 5.27. The lowest BCUT2D eigenvalue weighted by Gasteiger charge is -2.32. The van der Waals surface area contributed by atoms with E-state index < -0.39 is 5.60 Å². The predicted octanol–water partition coefficient (Wildman–Crippen LogP) is 4.08. The number of amides is 1. The molecule has 0 aliphatic carbocycles. The van der Waals surface area contributed by atoms with Crippen LogP contribution in [0.3, 0.4) is 0 Å². The standard InChI is InChI=1S/C18H27ClN2O2/c1-18(2,3)23-17(22)20-12-14-8-10-21(11-9-14)13-15-6-4-5-7-16(15)19/h4-7,14H,8-13H2,1-3H3,(H,20,22). The van der Waals surface area contributed by atoms with Crippen LogP contribution in [0.4, 0.5) is 4.79 Å². The van der Waals surface area contributed by atoms with Gasteiger partial charge in [0.2, 0.25) is 0 Å². The molecular formula is C18H27ClN2O2. The smallest absolute Gasteiger partial charge is 0.407 e. The highest BCUT2D eigenvalue weighted by molar-refractivity contribution is 6.31. The lowest BCUT2D eigenvalue weighted by molar-refractivity contribution is 0.0509. The van der Waals surface area contributed by atoms with Gasteiger partial charge >= 0.3 is 6.09 Å². The Kier molecular flexibility index (Phi) is 6.31. The van der Waals surface area contributed by atoms with Crippen molar-refractivity contribution in [3.63, 3.8) is 0 Å². The number of piperidine rings is 1. The molecule has 0 unspecified atom stereocenters. The van der Waals surface area contributed by atoms with Gasteiger partial charge in [-0.25, -0.2) is 4.79 Å². The largest absolute Gasteiger partial charge is 0.444 e. The predicted molar refractivity (Wildman–Crippen MR) is 93.7 cm³/mol. The van der Waals surface area contributed by atoms with E-state index in [0.717, 1.165) is 37.5 Å². The normalized spacial score (nSPS) is 17.0. The van der Waals surface area contributed by atoms with Crippen LogP contribution in [0.25, 0.3) is 0 Å². The molecule has 23 heavy (non-hydrogen) atoms. The Labute approximate surface area is 144 Å². The molecule has 0 saturated carbocycles. The average molecular weight is 339 g/mol. The first-order chi connectivity index (χ1) is 10.8. The third-order valence-electron chi connectivity index (χ3n) is 3.99. The maximum absolute atomic E-state index is 11.7. The van der Waals surface area contributed by atoms with Gasteiger partial charge in [-0.2, -0.15) is 0 Å². The van der Waals surface area contributed by atoms with Gasteiger partial charge in [0, 0.05) is 18.1 Å². The van der Waals surface area contributed by atoms with E-state index in [1.54, 1.807) is 0 Å². The fraction of sp³-hybridized carbons (Fsp3) is 0.611. The Morgan fingerprint density at radius 1 is 1.30 bits per heavy atom. The van der Waals surface area contributed by atoms with Gasteiger partial charge in [-0.05, 0) is 64.3 Å². The topological polar surface area (TPSA) is 41.6 Å². The highest BCUT2D eigenvalue weighted by Gasteiger charge is 2.21. The summed E-state index contributed by atoms with van der Waals surface area (Å²) >= 11 is 6.22. The summed E-state index contributed by atoms with van der Waals surface area (Å²) in [6.07, 6.45) is 1.84. The second kappa shape index (κ2) is 8.02. The van der Waals surface area contributed by atoms with E-state index in [0.29, 0.717) is 12.5 Å². The molecule has 1 amide bonds. The van der Waals surface area contributed by atoms with E-state index >= 15 is 0 Å². The first-order valence-corrected chi connectivity index (χ1v) is 8.64. The highest BCUT2D eigenvalue weighted by atomic mass is 35.5. The number of rotatable bonds is 4. The number of alkyl carbamates (subject to hydrolysis) is 1. The van der Waals surface area contributed by atoms with E-state index in [1.165, 1.54) is 5.56 Å². The van der Waals surface area contributed by atoms with Crippen LogP contribution in [-0.2, 0) is 11.3 Å². The lowest BCUT2D eigenvalue weighted by Crippen LogP contribution is -2.40. The van der Waals surface area contributed by atoms with Gasteiger partial charge in [0.15, 0.2) is 0 Å². The zero-order valence-electron chi connectivity index (χ0n) is 14.3. The van der Waals surface area contributed by atoms with Crippen molar-refractivity contribution in [1.29, 1.82) is 0 Å². The van der Waals surface area contributed by atoms with Crippen molar-refractivity contribution in [2.75, 3.05) is 19.6 Å². The zero-order chi connectivity index (χ0) is 16.9. The molecule has 0 atom stereocenters. The summed E-state index contributed by atoms with van der Waals surface area (Å²) in [5.74, 6) is 0.519. The molecule has 0 spiro atoms. The number of likely N-dealkylation sites (tertiary alicyclic amines) is 1. The molecule has 1 aliphatic rings. The molecule has 1 heterocycles. The number of benzene rings is 1. The number of hydrogen-bond acceptors (Lipinski definition) is 3. The van der Waals surface area contributed by atoms with Crippen LogP contribution in [0.1, 0.15) is 39.2 Å². The van der Waals surface area contributed by atoms with Crippen molar-refractivity contribution in [2.45, 2.75) is 45.8 Å².